The minimum atomic E-state index is -2.89. The minimum Gasteiger partial charge on any atom is -0.435 e. The van der Waals surface area contributed by atoms with Gasteiger partial charge in [0.25, 0.3) is 5.22 Å². The molecule has 3 rings (SSSR count). The van der Waals surface area contributed by atoms with E-state index in [0.29, 0.717) is 17.1 Å². The standard InChI is InChI=1S/C15H12F2N4O4S/c1-8-6-11(21-25-8)18-12(22)7-26-15-20-19-13(24-15)9-2-4-10(5-3-9)23-14(16)17/h2-6,14H,7H2,1H3,(H,18,21,22). The van der Waals surface area contributed by atoms with Crippen LogP contribution in [0.15, 0.2) is 44.5 Å². The van der Waals surface area contributed by atoms with Gasteiger partial charge in [0, 0.05) is 11.6 Å². The van der Waals surface area contributed by atoms with Crippen LogP contribution in [0.5, 0.6) is 5.75 Å². The zero-order valence-electron chi connectivity index (χ0n) is 13.3. The van der Waals surface area contributed by atoms with Crippen LogP contribution >= 0.6 is 11.8 Å². The van der Waals surface area contributed by atoms with Crippen molar-refractivity contribution in [1.82, 2.24) is 15.4 Å². The van der Waals surface area contributed by atoms with Gasteiger partial charge >= 0.3 is 6.61 Å². The molecule has 0 radical (unpaired) electrons. The van der Waals surface area contributed by atoms with Crippen LogP contribution in [0.2, 0.25) is 0 Å². The molecule has 3 aromatic rings. The van der Waals surface area contributed by atoms with Gasteiger partial charge in [-0.3, -0.25) is 4.79 Å². The van der Waals surface area contributed by atoms with Crippen molar-refractivity contribution < 1.29 is 27.3 Å². The number of halogens is 2. The second-order valence-corrected chi connectivity index (χ2v) is 5.86. The Morgan fingerprint density at radius 1 is 1.31 bits per heavy atom. The summed E-state index contributed by atoms with van der Waals surface area (Å²) in [4.78, 5) is 11.8. The van der Waals surface area contributed by atoms with Gasteiger partial charge in [-0.15, -0.1) is 10.2 Å². The molecule has 1 amide bonds. The summed E-state index contributed by atoms with van der Waals surface area (Å²) in [6.45, 7) is -1.18. The molecule has 1 N–H and O–H groups in total. The summed E-state index contributed by atoms with van der Waals surface area (Å²) < 4.78 is 38.8. The summed E-state index contributed by atoms with van der Waals surface area (Å²) in [5.41, 5.74) is 0.536. The highest BCUT2D eigenvalue weighted by Crippen LogP contribution is 2.25. The first-order chi connectivity index (χ1) is 12.5. The summed E-state index contributed by atoms with van der Waals surface area (Å²) in [6, 6.07) is 7.35. The molecule has 2 aromatic heterocycles. The molecule has 0 fully saturated rings. The molecule has 0 saturated heterocycles. The van der Waals surface area contributed by atoms with Crippen LogP contribution in [0.1, 0.15) is 5.76 Å². The number of nitrogens with one attached hydrogen (secondary N) is 1. The number of amides is 1. The normalized spacial score (nSPS) is 10.9. The van der Waals surface area contributed by atoms with E-state index in [-0.39, 0.29) is 28.5 Å². The van der Waals surface area contributed by atoms with E-state index in [9.17, 15) is 13.6 Å². The molecule has 0 unspecified atom stereocenters. The summed E-state index contributed by atoms with van der Waals surface area (Å²) in [5, 5.41) is 14.1. The fraction of sp³-hybridized carbons (Fsp3) is 0.200. The molecule has 26 heavy (non-hydrogen) atoms. The Balaban J connectivity index is 1.55. The number of alkyl halides is 2. The number of hydrogen-bond acceptors (Lipinski definition) is 8. The Morgan fingerprint density at radius 2 is 2.08 bits per heavy atom. The third-order valence-electron chi connectivity index (χ3n) is 2.96. The predicted octanol–water partition coefficient (Wildman–Crippen LogP) is 3.37. The first kappa shape index (κ1) is 17.9. The average Bonchev–Trinajstić information content (AvgIpc) is 3.22. The maximum absolute atomic E-state index is 12.1. The fourth-order valence-corrected chi connectivity index (χ4v) is 2.46. The van der Waals surface area contributed by atoms with Crippen LogP contribution in [0.25, 0.3) is 11.5 Å². The molecular formula is C15H12F2N4O4S. The summed E-state index contributed by atoms with van der Waals surface area (Å²) in [5.74, 6) is 0.858. The second-order valence-electron chi connectivity index (χ2n) is 4.94. The Bertz CT molecular complexity index is 882. The van der Waals surface area contributed by atoms with Gasteiger partial charge in [-0.1, -0.05) is 16.9 Å². The number of nitrogens with zero attached hydrogens (tertiary/aromatic N) is 3. The Hall–Kier alpha value is -2.95. The Morgan fingerprint density at radius 3 is 2.73 bits per heavy atom. The van der Waals surface area contributed by atoms with Crippen LogP contribution < -0.4 is 10.1 Å². The first-order valence-electron chi connectivity index (χ1n) is 7.24. The van der Waals surface area contributed by atoms with Crippen LogP contribution in [0.3, 0.4) is 0 Å². The fourth-order valence-electron chi connectivity index (χ4n) is 1.90. The van der Waals surface area contributed by atoms with Gasteiger partial charge in [0.15, 0.2) is 5.82 Å². The predicted molar refractivity (Wildman–Crippen MR) is 87.0 cm³/mol. The van der Waals surface area contributed by atoms with Crippen LogP contribution in [-0.4, -0.2) is 33.6 Å². The number of aryl methyl sites for hydroxylation is 1. The monoisotopic (exact) mass is 382 g/mol. The lowest BCUT2D eigenvalue weighted by Gasteiger charge is -2.03. The van der Waals surface area contributed by atoms with Gasteiger partial charge in [-0.25, -0.2) is 0 Å². The minimum absolute atomic E-state index is 0.0256. The number of thioether (sulfide) groups is 1. The maximum atomic E-state index is 12.1. The number of benzene rings is 1. The SMILES string of the molecule is Cc1cc(NC(=O)CSc2nnc(-c3ccc(OC(F)F)cc3)o2)no1. The van der Waals surface area contributed by atoms with E-state index in [2.05, 4.69) is 25.4 Å². The van der Waals surface area contributed by atoms with Gasteiger partial charge in [0.2, 0.25) is 11.8 Å². The van der Waals surface area contributed by atoms with Gasteiger partial charge in [-0.2, -0.15) is 8.78 Å². The van der Waals surface area contributed by atoms with Crippen molar-refractivity contribution in [2.24, 2.45) is 0 Å². The summed E-state index contributed by atoms with van der Waals surface area (Å²) in [7, 11) is 0. The molecule has 0 atom stereocenters. The third kappa shape index (κ3) is 4.79. The lowest BCUT2D eigenvalue weighted by molar-refractivity contribution is -0.113. The van der Waals surface area contributed by atoms with E-state index in [4.69, 9.17) is 8.94 Å². The van der Waals surface area contributed by atoms with Gasteiger partial charge in [0.05, 0.1) is 5.75 Å². The van der Waals surface area contributed by atoms with Crippen molar-refractivity contribution in [3.8, 4) is 17.2 Å². The highest BCUT2D eigenvalue weighted by atomic mass is 32.2. The molecule has 0 spiro atoms. The van der Waals surface area contributed by atoms with Gasteiger partial charge < -0.3 is 19.0 Å². The van der Waals surface area contributed by atoms with E-state index in [1.54, 1.807) is 13.0 Å². The quantitative estimate of drug-likeness (QED) is 0.621. The zero-order chi connectivity index (χ0) is 18.5. The van der Waals surface area contributed by atoms with Crippen LogP contribution in [0.4, 0.5) is 14.6 Å². The highest BCUT2D eigenvalue weighted by molar-refractivity contribution is 7.99. The van der Waals surface area contributed by atoms with Crippen molar-refractivity contribution in [3.05, 3.63) is 36.1 Å². The Kier molecular flexibility index (Phi) is 5.46. The molecular weight excluding hydrogens is 370 g/mol. The molecule has 0 aliphatic carbocycles. The third-order valence-corrected chi connectivity index (χ3v) is 3.77. The van der Waals surface area contributed by atoms with E-state index < -0.39 is 6.61 Å². The molecule has 0 aliphatic rings. The molecule has 136 valence electrons. The molecule has 8 nitrogen and oxygen atoms in total. The van der Waals surface area contributed by atoms with Crippen molar-refractivity contribution >= 4 is 23.5 Å². The highest BCUT2D eigenvalue weighted by Gasteiger charge is 2.13. The number of anilines is 1. The number of carbonyl (C=O) groups excluding carboxylic acids is 1. The number of carbonyl (C=O) groups is 1. The second kappa shape index (κ2) is 7.95. The molecule has 0 bridgehead atoms. The van der Waals surface area contributed by atoms with Crippen LogP contribution in [-0.2, 0) is 4.79 Å². The lowest BCUT2D eigenvalue weighted by atomic mass is 10.2. The van der Waals surface area contributed by atoms with E-state index in [1.165, 1.54) is 24.3 Å². The summed E-state index contributed by atoms with van der Waals surface area (Å²) in [6.07, 6.45) is 0. The van der Waals surface area contributed by atoms with Crippen molar-refractivity contribution in [1.29, 1.82) is 0 Å². The van der Waals surface area contributed by atoms with Crippen molar-refractivity contribution in [2.75, 3.05) is 11.1 Å². The topological polar surface area (TPSA) is 103 Å². The summed E-state index contributed by atoms with van der Waals surface area (Å²) >= 11 is 1.05. The van der Waals surface area contributed by atoms with E-state index >= 15 is 0 Å². The van der Waals surface area contributed by atoms with Gasteiger partial charge in [-0.05, 0) is 31.2 Å². The smallest absolute Gasteiger partial charge is 0.387 e. The van der Waals surface area contributed by atoms with Crippen molar-refractivity contribution in [3.63, 3.8) is 0 Å². The molecule has 11 heteroatoms. The van der Waals surface area contributed by atoms with Gasteiger partial charge in [0.1, 0.15) is 11.5 Å². The van der Waals surface area contributed by atoms with E-state index in [0.717, 1.165) is 11.8 Å². The van der Waals surface area contributed by atoms with Crippen molar-refractivity contribution in [2.45, 2.75) is 18.8 Å². The number of ether oxygens (including phenoxy) is 1. The molecule has 0 saturated carbocycles. The Labute approximate surface area is 149 Å². The molecule has 0 aliphatic heterocycles. The van der Waals surface area contributed by atoms with Crippen LogP contribution in [0, 0.1) is 6.92 Å². The molecule has 1 aromatic carbocycles. The lowest BCUT2D eigenvalue weighted by Crippen LogP contribution is -2.14. The number of hydrogen-bond donors (Lipinski definition) is 1. The number of aromatic nitrogens is 3. The largest absolute Gasteiger partial charge is 0.435 e. The number of rotatable bonds is 7. The average molecular weight is 382 g/mol. The maximum Gasteiger partial charge on any atom is 0.387 e. The molecule has 2 heterocycles. The van der Waals surface area contributed by atoms with E-state index in [1.807, 2.05) is 0 Å². The zero-order valence-corrected chi connectivity index (χ0v) is 14.1. The first-order valence-corrected chi connectivity index (χ1v) is 8.23.